The molecule has 1 heterocycles. The highest BCUT2D eigenvalue weighted by Crippen LogP contribution is 2.19. The number of unbranched alkanes of at least 4 members (excludes halogenated alkanes) is 10. The molecular weight excluding hydrogens is 398 g/mol. The lowest BCUT2D eigenvalue weighted by molar-refractivity contribution is -0.130. The number of benzene rings is 1. The van der Waals surface area contributed by atoms with Gasteiger partial charge in [0.05, 0.1) is 12.5 Å². The molecule has 0 radical (unpaired) electrons. The molecule has 0 fully saturated rings. The molecule has 0 aliphatic carbocycles. The molecule has 1 aromatic heterocycles. The molecule has 176 valence electrons. The number of carbonyl (C=O) groups is 1. The molecule has 0 aliphatic heterocycles. The molecule has 0 saturated carbocycles. The van der Waals surface area contributed by atoms with Gasteiger partial charge in [0.1, 0.15) is 11.9 Å². The molecule has 0 aliphatic rings. The maximum absolute atomic E-state index is 13.1. The van der Waals surface area contributed by atoms with E-state index >= 15 is 0 Å². The summed E-state index contributed by atoms with van der Waals surface area (Å²) in [6.07, 6.45) is 15.4. The molecule has 1 amide bonds. The predicted octanol–water partition coefficient (Wildman–Crippen LogP) is 6.99. The lowest BCUT2D eigenvalue weighted by Crippen LogP contribution is -2.34. The average molecular weight is 440 g/mol. The molecule has 0 bridgehead atoms. The maximum atomic E-state index is 13.1. The van der Waals surface area contributed by atoms with Gasteiger partial charge in [0.15, 0.2) is 5.58 Å². The van der Waals surface area contributed by atoms with Crippen LogP contribution < -0.4 is 0 Å². The molecule has 0 unspecified atom stereocenters. The first-order valence-electron chi connectivity index (χ1n) is 12.7. The van der Waals surface area contributed by atoms with Crippen molar-refractivity contribution in [3.05, 3.63) is 29.7 Å². The number of fused-ring (bicyclic) bond motifs is 1. The maximum Gasteiger partial charge on any atom is 0.226 e. The molecule has 5 nitrogen and oxygen atoms in total. The number of carbonyl (C=O) groups excluding carboxylic acids is 1. The molecule has 2 rings (SSSR count). The van der Waals surface area contributed by atoms with Gasteiger partial charge in [-0.1, -0.05) is 84.1 Å². The third-order valence-electron chi connectivity index (χ3n) is 6.00. The molecule has 32 heavy (non-hydrogen) atoms. The number of hydrogen-bond acceptors (Lipinski definition) is 4. The molecule has 0 saturated heterocycles. The molecular formula is C27H41N3O2. The monoisotopic (exact) mass is 439 g/mol. The highest BCUT2D eigenvalue weighted by Gasteiger charge is 2.15. The zero-order chi connectivity index (χ0) is 23.0. The van der Waals surface area contributed by atoms with Crippen molar-refractivity contribution in [2.24, 2.45) is 0 Å². The van der Waals surface area contributed by atoms with Crippen molar-refractivity contribution in [2.45, 2.75) is 104 Å². The summed E-state index contributed by atoms with van der Waals surface area (Å²) in [5.41, 5.74) is 2.34. The number of oxazole rings is 1. The highest BCUT2D eigenvalue weighted by molar-refractivity contribution is 5.81. The van der Waals surface area contributed by atoms with E-state index in [4.69, 9.17) is 9.68 Å². The van der Waals surface area contributed by atoms with Gasteiger partial charge in [0, 0.05) is 13.1 Å². The second kappa shape index (κ2) is 15.5. The fourth-order valence-electron chi connectivity index (χ4n) is 4.09. The number of aromatic nitrogens is 1. The minimum Gasteiger partial charge on any atom is -0.440 e. The second-order valence-corrected chi connectivity index (χ2v) is 8.84. The smallest absolute Gasteiger partial charge is 0.226 e. The molecule has 1 aromatic carbocycles. The van der Waals surface area contributed by atoms with E-state index in [9.17, 15) is 4.79 Å². The van der Waals surface area contributed by atoms with Crippen LogP contribution in [0.1, 0.15) is 102 Å². The first kappa shape index (κ1) is 25.9. The Hall–Kier alpha value is -2.35. The second-order valence-electron chi connectivity index (χ2n) is 8.84. The Morgan fingerprint density at radius 3 is 2.12 bits per heavy atom. The van der Waals surface area contributed by atoms with Gasteiger partial charge < -0.3 is 9.32 Å². The summed E-state index contributed by atoms with van der Waals surface area (Å²) in [6, 6.07) is 7.78. The average Bonchev–Trinajstić information content (AvgIpc) is 3.18. The normalized spacial score (nSPS) is 11.0. The Balaban J connectivity index is 1.90. The van der Waals surface area contributed by atoms with Crippen LogP contribution in [0.5, 0.6) is 0 Å². The summed E-state index contributed by atoms with van der Waals surface area (Å²) < 4.78 is 5.57. The van der Waals surface area contributed by atoms with Crippen molar-refractivity contribution in [1.82, 2.24) is 9.88 Å². The van der Waals surface area contributed by atoms with E-state index in [2.05, 4.69) is 29.8 Å². The van der Waals surface area contributed by atoms with Crippen LogP contribution in [0.25, 0.3) is 11.1 Å². The van der Waals surface area contributed by atoms with Gasteiger partial charge in [-0.15, -0.1) is 0 Å². The van der Waals surface area contributed by atoms with Gasteiger partial charge in [-0.05, 0) is 30.5 Å². The summed E-state index contributed by atoms with van der Waals surface area (Å²) >= 11 is 0. The Kier molecular flexibility index (Phi) is 12.5. The molecule has 0 spiro atoms. The fourth-order valence-corrected chi connectivity index (χ4v) is 4.09. The van der Waals surface area contributed by atoms with Gasteiger partial charge in [-0.2, -0.15) is 5.26 Å². The minimum atomic E-state index is 0.160. The highest BCUT2D eigenvalue weighted by atomic mass is 16.3. The van der Waals surface area contributed by atoms with Gasteiger partial charge in [0.25, 0.3) is 0 Å². The quantitative estimate of drug-likeness (QED) is 0.249. The van der Waals surface area contributed by atoms with Gasteiger partial charge >= 0.3 is 0 Å². The third kappa shape index (κ3) is 9.42. The van der Waals surface area contributed by atoms with Crippen LogP contribution in [0.2, 0.25) is 0 Å². The Morgan fingerprint density at radius 2 is 1.53 bits per heavy atom. The summed E-state index contributed by atoms with van der Waals surface area (Å²) in [5, 5.41) is 8.84. The van der Waals surface area contributed by atoms with E-state index in [1.165, 1.54) is 64.2 Å². The molecule has 0 N–H and O–H groups in total. The van der Waals surface area contributed by atoms with E-state index in [1.54, 1.807) is 0 Å². The lowest BCUT2D eigenvalue weighted by Gasteiger charge is -2.23. The largest absolute Gasteiger partial charge is 0.440 e. The van der Waals surface area contributed by atoms with Crippen molar-refractivity contribution >= 4 is 17.0 Å². The summed E-state index contributed by atoms with van der Waals surface area (Å²) in [5.74, 6) is 0.631. The predicted molar refractivity (Wildman–Crippen MR) is 130 cm³/mol. The van der Waals surface area contributed by atoms with Crippen LogP contribution in [0.3, 0.4) is 0 Å². The molecule has 0 atom stereocenters. The van der Waals surface area contributed by atoms with E-state index in [0.29, 0.717) is 17.9 Å². The van der Waals surface area contributed by atoms with Crippen LogP contribution in [0, 0.1) is 11.3 Å². The Bertz CT molecular complexity index is 821. The third-order valence-corrected chi connectivity index (χ3v) is 6.00. The van der Waals surface area contributed by atoms with Crippen molar-refractivity contribution in [2.75, 3.05) is 13.1 Å². The zero-order valence-electron chi connectivity index (χ0n) is 20.2. The number of amides is 1. The van der Waals surface area contributed by atoms with Crippen LogP contribution >= 0.6 is 0 Å². The zero-order valence-corrected chi connectivity index (χ0v) is 20.2. The summed E-state index contributed by atoms with van der Waals surface area (Å²) in [6.45, 7) is 6.19. The van der Waals surface area contributed by atoms with Gasteiger partial charge in [-0.25, -0.2) is 4.98 Å². The topological polar surface area (TPSA) is 70.1 Å². The number of hydrogen-bond donors (Lipinski definition) is 0. The first-order valence-corrected chi connectivity index (χ1v) is 12.7. The fraction of sp³-hybridized carbons (Fsp3) is 0.667. The van der Waals surface area contributed by atoms with Crippen molar-refractivity contribution < 1.29 is 9.21 Å². The minimum absolute atomic E-state index is 0.160. The van der Waals surface area contributed by atoms with Gasteiger partial charge in [0.2, 0.25) is 11.8 Å². The van der Waals surface area contributed by atoms with Crippen molar-refractivity contribution in [3.63, 3.8) is 0 Å². The van der Waals surface area contributed by atoms with E-state index in [0.717, 1.165) is 37.0 Å². The van der Waals surface area contributed by atoms with Crippen LogP contribution in [0.15, 0.2) is 22.6 Å². The van der Waals surface area contributed by atoms with Crippen molar-refractivity contribution in [3.8, 4) is 6.07 Å². The standard InChI is InChI=1S/C27H41N3O2/c1-3-5-7-9-11-13-19-30(20-14-12-10-8-6-4-2)27(31)22-23-15-16-25-24(21-23)29-26(32-25)17-18-28/h15-16,21H,3-14,17,19-20,22H2,1-2H3. The van der Waals surface area contributed by atoms with Crippen LogP contribution in [-0.2, 0) is 17.6 Å². The number of nitriles is 1. The van der Waals surface area contributed by atoms with E-state index < -0.39 is 0 Å². The first-order chi connectivity index (χ1) is 15.7. The molecule has 5 heteroatoms. The van der Waals surface area contributed by atoms with E-state index in [1.807, 2.05) is 18.2 Å². The van der Waals surface area contributed by atoms with Crippen molar-refractivity contribution in [1.29, 1.82) is 5.26 Å². The Labute approximate surface area is 194 Å². The van der Waals surface area contributed by atoms with E-state index in [-0.39, 0.29) is 12.3 Å². The van der Waals surface area contributed by atoms with Gasteiger partial charge in [-0.3, -0.25) is 4.79 Å². The molecule has 2 aromatic rings. The Morgan fingerprint density at radius 1 is 0.938 bits per heavy atom. The number of nitrogens with zero attached hydrogens (tertiary/aromatic N) is 3. The van der Waals surface area contributed by atoms with Crippen LogP contribution in [-0.4, -0.2) is 28.9 Å². The number of rotatable bonds is 17. The summed E-state index contributed by atoms with van der Waals surface area (Å²) in [4.78, 5) is 19.6. The lowest BCUT2D eigenvalue weighted by atomic mass is 10.1. The summed E-state index contributed by atoms with van der Waals surface area (Å²) in [7, 11) is 0. The van der Waals surface area contributed by atoms with Crippen LogP contribution in [0.4, 0.5) is 0 Å². The SMILES string of the molecule is CCCCCCCCN(CCCCCCCC)C(=O)Cc1ccc2oc(CC#N)nc2c1.